The highest BCUT2D eigenvalue weighted by molar-refractivity contribution is 5.36. The molecular formula is C15H19F5N2O. The number of hydrogen-bond acceptors (Lipinski definition) is 3. The van der Waals surface area contributed by atoms with Gasteiger partial charge in [-0.3, -0.25) is 9.29 Å². The molecule has 0 aliphatic carbocycles. The summed E-state index contributed by atoms with van der Waals surface area (Å²) in [6.07, 6.45) is -8.44. The van der Waals surface area contributed by atoms with E-state index in [2.05, 4.69) is 10.1 Å². The van der Waals surface area contributed by atoms with Crippen molar-refractivity contribution in [2.75, 3.05) is 32.9 Å². The van der Waals surface area contributed by atoms with Crippen molar-refractivity contribution in [1.29, 1.82) is 0 Å². The Morgan fingerprint density at radius 1 is 1.17 bits per heavy atom. The monoisotopic (exact) mass is 338 g/mol. The molecule has 0 saturated carbocycles. The van der Waals surface area contributed by atoms with Gasteiger partial charge in [0.2, 0.25) is 0 Å². The van der Waals surface area contributed by atoms with Gasteiger partial charge in [-0.15, -0.1) is 0 Å². The summed E-state index contributed by atoms with van der Waals surface area (Å²) in [5, 5.41) is 3.15. The van der Waals surface area contributed by atoms with Gasteiger partial charge in [-0.2, -0.15) is 17.6 Å². The van der Waals surface area contributed by atoms with Gasteiger partial charge < -0.3 is 10.1 Å². The average Bonchev–Trinajstić information content (AvgIpc) is 2.54. The molecule has 3 nitrogen and oxygen atoms in total. The first-order valence-corrected chi connectivity index (χ1v) is 7.40. The number of piperazine rings is 1. The number of nitrogens with zero attached hydrogens (tertiary/aromatic N) is 1. The third-order valence-electron chi connectivity index (χ3n) is 3.75. The van der Waals surface area contributed by atoms with Crippen LogP contribution in [0.15, 0.2) is 24.3 Å². The second-order valence-corrected chi connectivity index (χ2v) is 5.28. The van der Waals surface area contributed by atoms with E-state index in [9.17, 15) is 22.0 Å². The van der Waals surface area contributed by atoms with Crippen molar-refractivity contribution in [3.05, 3.63) is 29.8 Å². The second-order valence-electron chi connectivity index (χ2n) is 5.28. The lowest BCUT2D eigenvalue weighted by Crippen LogP contribution is -2.45. The van der Waals surface area contributed by atoms with Crippen LogP contribution in [0.25, 0.3) is 0 Å². The highest BCUT2D eigenvalue weighted by Gasteiger charge is 2.44. The number of nitrogens with one attached hydrogen (secondary N) is 1. The molecule has 1 aromatic rings. The molecule has 1 aliphatic rings. The highest BCUT2D eigenvalue weighted by atomic mass is 19.3. The van der Waals surface area contributed by atoms with Crippen molar-refractivity contribution < 1.29 is 26.7 Å². The van der Waals surface area contributed by atoms with Gasteiger partial charge in [0.1, 0.15) is 5.75 Å². The van der Waals surface area contributed by atoms with Crippen LogP contribution in [0.5, 0.6) is 5.75 Å². The van der Waals surface area contributed by atoms with E-state index in [4.69, 9.17) is 0 Å². The molecule has 8 heteroatoms. The Labute approximate surface area is 131 Å². The van der Waals surface area contributed by atoms with E-state index in [1.54, 1.807) is 6.07 Å². The smallest absolute Gasteiger partial charge is 0.428 e. The zero-order chi connectivity index (χ0) is 16.9. The van der Waals surface area contributed by atoms with Crippen LogP contribution in [0.2, 0.25) is 0 Å². The molecule has 1 aromatic carbocycles. The van der Waals surface area contributed by atoms with Crippen molar-refractivity contribution in [2.45, 2.75) is 25.0 Å². The molecule has 1 fully saturated rings. The molecule has 130 valence electrons. The fourth-order valence-corrected chi connectivity index (χ4v) is 2.67. The number of ether oxygens (including phenoxy) is 1. The first-order valence-electron chi connectivity index (χ1n) is 7.40. The number of alkyl halides is 5. The molecule has 2 rings (SSSR count). The highest BCUT2D eigenvalue weighted by Crippen LogP contribution is 2.36. The molecule has 23 heavy (non-hydrogen) atoms. The van der Waals surface area contributed by atoms with Gasteiger partial charge in [0.05, 0.1) is 6.67 Å². The van der Waals surface area contributed by atoms with Crippen molar-refractivity contribution in [2.24, 2.45) is 0 Å². The molecule has 0 aromatic heterocycles. The molecule has 0 spiro atoms. The fraction of sp³-hybridized carbons (Fsp3) is 0.600. The summed E-state index contributed by atoms with van der Waals surface area (Å²) in [5.41, 5.74) is 0.298. The summed E-state index contributed by atoms with van der Waals surface area (Å²) in [4.78, 5) is 1.94. The summed E-state index contributed by atoms with van der Waals surface area (Å²) in [5.74, 6) is -0.338. The van der Waals surface area contributed by atoms with Crippen LogP contribution < -0.4 is 10.1 Å². The van der Waals surface area contributed by atoms with Gasteiger partial charge in [-0.05, 0) is 12.5 Å². The van der Waals surface area contributed by atoms with E-state index in [0.717, 1.165) is 0 Å². The summed E-state index contributed by atoms with van der Waals surface area (Å²) < 4.78 is 68.4. The van der Waals surface area contributed by atoms with Crippen molar-refractivity contribution in [3.63, 3.8) is 0 Å². The molecular weight excluding hydrogens is 319 g/mol. The van der Waals surface area contributed by atoms with E-state index in [0.29, 0.717) is 31.7 Å². The number of rotatable bonds is 7. The van der Waals surface area contributed by atoms with E-state index in [1.807, 2.05) is 4.90 Å². The summed E-state index contributed by atoms with van der Waals surface area (Å²) in [7, 11) is 0. The molecule has 0 amide bonds. The van der Waals surface area contributed by atoms with Gasteiger partial charge in [-0.25, -0.2) is 0 Å². The number of benzene rings is 1. The maximum atomic E-state index is 13.2. The molecule has 1 aliphatic heterocycles. The molecule has 1 atom stereocenters. The van der Waals surface area contributed by atoms with Crippen LogP contribution in [0.4, 0.5) is 22.0 Å². The zero-order valence-electron chi connectivity index (χ0n) is 12.5. The third kappa shape index (κ3) is 4.54. The van der Waals surface area contributed by atoms with Gasteiger partial charge in [-0.1, -0.05) is 18.2 Å². The standard InChI is InChI=1S/C15H19F5N2O/c16-6-5-12(22-9-7-21-8-10-22)11-3-1-2-4-13(11)23-15(19,20)14(17)18/h1-4,12,14,21H,5-10H2/t12-/m0/s1. The van der Waals surface area contributed by atoms with Crippen LogP contribution in [0.1, 0.15) is 18.0 Å². The summed E-state index contributed by atoms with van der Waals surface area (Å²) in [6, 6.07) is 5.24. The molecule has 1 heterocycles. The first kappa shape index (κ1) is 17.9. The van der Waals surface area contributed by atoms with Crippen LogP contribution in [0.3, 0.4) is 0 Å². The van der Waals surface area contributed by atoms with Gasteiger partial charge >= 0.3 is 12.5 Å². The Hall–Kier alpha value is -1.41. The minimum Gasteiger partial charge on any atom is -0.428 e. The lowest BCUT2D eigenvalue weighted by Gasteiger charge is -2.35. The molecule has 0 radical (unpaired) electrons. The van der Waals surface area contributed by atoms with Crippen LogP contribution in [0, 0.1) is 0 Å². The van der Waals surface area contributed by atoms with Gasteiger partial charge in [0, 0.05) is 37.8 Å². The van der Waals surface area contributed by atoms with E-state index < -0.39 is 25.3 Å². The Morgan fingerprint density at radius 3 is 2.43 bits per heavy atom. The van der Waals surface area contributed by atoms with Crippen molar-refractivity contribution in [1.82, 2.24) is 10.2 Å². The van der Waals surface area contributed by atoms with Crippen LogP contribution >= 0.6 is 0 Å². The van der Waals surface area contributed by atoms with Crippen LogP contribution in [-0.2, 0) is 0 Å². The third-order valence-corrected chi connectivity index (χ3v) is 3.75. The summed E-state index contributed by atoms with van der Waals surface area (Å²) >= 11 is 0. The largest absolute Gasteiger partial charge is 0.461 e. The van der Waals surface area contributed by atoms with E-state index in [1.165, 1.54) is 18.2 Å². The lowest BCUT2D eigenvalue weighted by atomic mass is 10.0. The molecule has 0 unspecified atom stereocenters. The molecule has 1 saturated heterocycles. The maximum absolute atomic E-state index is 13.2. The summed E-state index contributed by atoms with van der Waals surface area (Å²) in [6.45, 7) is 1.97. The topological polar surface area (TPSA) is 24.5 Å². The Morgan fingerprint density at radius 2 is 1.83 bits per heavy atom. The zero-order valence-corrected chi connectivity index (χ0v) is 12.5. The average molecular weight is 338 g/mol. The normalized spacial score (nSPS) is 18.2. The number of halogens is 5. The lowest BCUT2D eigenvalue weighted by molar-refractivity contribution is -0.253. The SMILES string of the molecule is FCC[C@@H](c1ccccc1OC(F)(F)C(F)F)N1CCNCC1. The fourth-order valence-electron chi connectivity index (χ4n) is 2.67. The number of para-hydroxylation sites is 1. The van der Waals surface area contributed by atoms with Crippen molar-refractivity contribution in [3.8, 4) is 5.75 Å². The Balaban J connectivity index is 2.28. The predicted octanol–water partition coefficient (Wildman–Crippen LogP) is 3.23. The molecule has 1 N–H and O–H groups in total. The van der Waals surface area contributed by atoms with Gasteiger partial charge in [0.15, 0.2) is 0 Å². The quantitative estimate of drug-likeness (QED) is 0.773. The first-order chi connectivity index (χ1) is 11.0. The van der Waals surface area contributed by atoms with Gasteiger partial charge in [0.25, 0.3) is 0 Å². The Bertz CT molecular complexity index is 495. The number of hydrogen-bond donors (Lipinski definition) is 1. The van der Waals surface area contributed by atoms with E-state index >= 15 is 0 Å². The molecule has 0 bridgehead atoms. The minimum absolute atomic E-state index is 0.0840. The predicted molar refractivity (Wildman–Crippen MR) is 75.8 cm³/mol. The minimum atomic E-state index is -4.58. The second kappa shape index (κ2) is 7.92. The Kier molecular flexibility index (Phi) is 6.17. The maximum Gasteiger partial charge on any atom is 0.461 e. The van der Waals surface area contributed by atoms with E-state index in [-0.39, 0.29) is 12.2 Å². The van der Waals surface area contributed by atoms with Crippen molar-refractivity contribution >= 4 is 0 Å². The van der Waals surface area contributed by atoms with Crippen LogP contribution in [-0.4, -0.2) is 50.3 Å².